The van der Waals surface area contributed by atoms with E-state index < -0.39 is 0 Å². The number of anilines is 2. The molecule has 0 aliphatic carbocycles. The molecule has 0 unspecified atom stereocenters. The minimum absolute atomic E-state index is 0.115. The Hall–Kier alpha value is -4.65. The number of pyridine rings is 1. The number of carbonyl (C=O) groups is 2. The fourth-order valence-corrected chi connectivity index (χ4v) is 3.50. The van der Waals surface area contributed by atoms with Crippen LogP contribution in [-0.2, 0) is 17.9 Å². The third kappa shape index (κ3) is 6.91. The summed E-state index contributed by atoms with van der Waals surface area (Å²) in [6, 6.07) is 26.4. The van der Waals surface area contributed by atoms with Gasteiger partial charge in [-0.1, -0.05) is 48.5 Å². The van der Waals surface area contributed by atoms with Crippen LogP contribution < -0.4 is 20.7 Å². The second-order valence-electron chi connectivity index (χ2n) is 7.91. The van der Waals surface area contributed by atoms with E-state index in [1.165, 1.54) is 6.92 Å². The summed E-state index contributed by atoms with van der Waals surface area (Å²) in [5, 5.41) is 8.44. The molecule has 1 aromatic heterocycles. The van der Waals surface area contributed by atoms with Gasteiger partial charge in [0.25, 0.3) is 0 Å². The van der Waals surface area contributed by atoms with Crippen molar-refractivity contribution in [2.24, 2.45) is 0 Å². The van der Waals surface area contributed by atoms with E-state index in [-0.39, 0.29) is 11.9 Å². The average molecular weight is 467 g/mol. The highest BCUT2D eigenvalue weighted by Gasteiger charge is 2.08. The highest BCUT2D eigenvalue weighted by atomic mass is 16.5. The van der Waals surface area contributed by atoms with E-state index in [1.807, 2.05) is 84.9 Å². The smallest absolute Gasteiger partial charge is 0.319 e. The number of para-hydroxylation sites is 1. The molecule has 7 heteroatoms. The third-order valence-electron chi connectivity index (χ3n) is 5.16. The van der Waals surface area contributed by atoms with Crippen molar-refractivity contribution in [2.45, 2.75) is 20.1 Å². The first-order chi connectivity index (χ1) is 17.1. The van der Waals surface area contributed by atoms with Crippen LogP contribution in [0.25, 0.3) is 11.1 Å². The van der Waals surface area contributed by atoms with E-state index in [1.54, 1.807) is 12.4 Å². The van der Waals surface area contributed by atoms with Crippen molar-refractivity contribution in [1.82, 2.24) is 10.3 Å². The van der Waals surface area contributed by atoms with Crippen LogP contribution in [0.1, 0.15) is 18.1 Å². The number of aromatic nitrogens is 1. The van der Waals surface area contributed by atoms with Gasteiger partial charge in [-0.15, -0.1) is 0 Å². The van der Waals surface area contributed by atoms with Crippen molar-refractivity contribution >= 4 is 23.3 Å². The summed E-state index contributed by atoms with van der Waals surface area (Å²) in [6.07, 6.45) is 3.41. The Kier molecular flexibility index (Phi) is 7.70. The molecule has 0 saturated heterocycles. The van der Waals surface area contributed by atoms with Gasteiger partial charge in [0, 0.05) is 42.8 Å². The molecule has 3 N–H and O–H groups in total. The molecule has 7 nitrogen and oxygen atoms in total. The number of benzene rings is 3. The summed E-state index contributed by atoms with van der Waals surface area (Å²) >= 11 is 0. The minimum atomic E-state index is -0.284. The third-order valence-corrected chi connectivity index (χ3v) is 5.16. The van der Waals surface area contributed by atoms with Crippen molar-refractivity contribution in [1.29, 1.82) is 0 Å². The minimum Gasteiger partial charge on any atom is -0.488 e. The Morgan fingerprint density at radius 3 is 2.43 bits per heavy atom. The Labute approximate surface area is 204 Å². The van der Waals surface area contributed by atoms with Crippen molar-refractivity contribution in [3.05, 3.63) is 108 Å². The number of nitrogens with one attached hydrogen (secondary N) is 3. The number of urea groups is 1. The number of carbonyl (C=O) groups excluding carboxylic acids is 2. The molecule has 0 aliphatic rings. The van der Waals surface area contributed by atoms with E-state index in [2.05, 4.69) is 20.9 Å². The van der Waals surface area contributed by atoms with Crippen LogP contribution in [-0.4, -0.2) is 16.9 Å². The van der Waals surface area contributed by atoms with Crippen molar-refractivity contribution < 1.29 is 14.3 Å². The summed E-state index contributed by atoms with van der Waals surface area (Å²) < 4.78 is 6.11. The Morgan fingerprint density at radius 1 is 0.829 bits per heavy atom. The molecule has 0 bridgehead atoms. The standard InChI is InChI=1S/C28H26N4O3/c1-20(33)31-25-8-4-7-23(16-25)26-9-2-3-10-27(26)35-19-21-11-13-24(14-12-21)32-28(34)30-18-22-6-5-15-29-17-22/h2-17H,18-19H2,1H3,(H,31,33)(H2,30,32,34). The summed E-state index contributed by atoms with van der Waals surface area (Å²) in [7, 11) is 0. The van der Waals surface area contributed by atoms with Crippen molar-refractivity contribution in [3.63, 3.8) is 0 Å². The van der Waals surface area contributed by atoms with E-state index in [9.17, 15) is 9.59 Å². The molecule has 0 fully saturated rings. The topological polar surface area (TPSA) is 92.4 Å². The lowest BCUT2D eigenvalue weighted by molar-refractivity contribution is -0.114. The first-order valence-electron chi connectivity index (χ1n) is 11.2. The van der Waals surface area contributed by atoms with Crippen LogP contribution in [0.2, 0.25) is 0 Å². The van der Waals surface area contributed by atoms with E-state index >= 15 is 0 Å². The zero-order valence-electron chi connectivity index (χ0n) is 19.3. The molecule has 0 saturated carbocycles. The molecule has 3 amide bonds. The quantitative estimate of drug-likeness (QED) is 0.315. The van der Waals surface area contributed by atoms with Crippen LogP contribution >= 0.6 is 0 Å². The number of hydrogen-bond acceptors (Lipinski definition) is 4. The molecule has 4 aromatic rings. The number of hydrogen-bond donors (Lipinski definition) is 3. The molecule has 4 rings (SSSR count). The van der Waals surface area contributed by atoms with E-state index in [0.29, 0.717) is 18.8 Å². The maximum absolute atomic E-state index is 12.1. The average Bonchev–Trinajstić information content (AvgIpc) is 2.88. The summed E-state index contributed by atoms with van der Waals surface area (Å²) in [6.45, 7) is 2.26. The maximum atomic E-state index is 12.1. The van der Waals surface area contributed by atoms with Gasteiger partial charge in [-0.2, -0.15) is 0 Å². The van der Waals surface area contributed by atoms with Crippen LogP contribution in [0.4, 0.5) is 16.2 Å². The molecule has 3 aromatic carbocycles. The molecular formula is C28H26N4O3. The predicted octanol–water partition coefficient (Wildman–Crippen LogP) is 5.61. The lowest BCUT2D eigenvalue weighted by Gasteiger charge is -2.13. The molecule has 0 aliphatic heterocycles. The molecule has 176 valence electrons. The second kappa shape index (κ2) is 11.5. The molecule has 0 radical (unpaired) electrons. The molecule has 35 heavy (non-hydrogen) atoms. The van der Waals surface area contributed by atoms with Gasteiger partial charge in [0.15, 0.2) is 0 Å². The van der Waals surface area contributed by atoms with E-state index in [0.717, 1.165) is 33.7 Å². The number of amides is 3. The van der Waals surface area contributed by atoms with E-state index in [4.69, 9.17) is 4.74 Å². The second-order valence-corrected chi connectivity index (χ2v) is 7.91. The van der Waals surface area contributed by atoms with Crippen LogP contribution in [0.3, 0.4) is 0 Å². The number of rotatable bonds is 8. The van der Waals surface area contributed by atoms with Gasteiger partial charge in [0.2, 0.25) is 5.91 Å². The summed E-state index contributed by atoms with van der Waals surface area (Å²) in [5.41, 5.74) is 5.20. The van der Waals surface area contributed by atoms with Gasteiger partial charge >= 0.3 is 6.03 Å². The Morgan fingerprint density at radius 2 is 1.66 bits per heavy atom. The monoisotopic (exact) mass is 466 g/mol. The normalized spacial score (nSPS) is 10.3. The van der Waals surface area contributed by atoms with Crippen LogP contribution in [0, 0.1) is 0 Å². The Balaban J connectivity index is 1.35. The zero-order valence-corrected chi connectivity index (χ0v) is 19.3. The first-order valence-corrected chi connectivity index (χ1v) is 11.2. The number of nitrogens with zero attached hydrogens (tertiary/aromatic N) is 1. The first kappa shape index (κ1) is 23.5. The lowest BCUT2D eigenvalue weighted by Crippen LogP contribution is -2.28. The zero-order chi connectivity index (χ0) is 24.5. The highest BCUT2D eigenvalue weighted by molar-refractivity contribution is 5.90. The fourth-order valence-electron chi connectivity index (χ4n) is 3.50. The predicted molar refractivity (Wildman–Crippen MR) is 137 cm³/mol. The van der Waals surface area contributed by atoms with Gasteiger partial charge in [0.1, 0.15) is 12.4 Å². The van der Waals surface area contributed by atoms with Gasteiger partial charge in [0.05, 0.1) is 0 Å². The molecule has 0 spiro atoms. The van der Waals surface area contributed by atoms with Gasteiger partial charge in [-0.05, 0) is 53.1 Å². The Bertz CT molecular complexity index is 1290. The molecular weight excluding hydrogens is 440 g/mol. The SMILES string of the molecule is CC(=O)Nc1cccc(-c2ccccc2OCc2ccc(NC(=O)NCc3cccnc3)cc2)c1. The van der Waals surface area contributed by atoms with Crippen LogP contribution in [0.5, 0.6) is 5.75 Å². The molecule has 1 heterocycles. The number of ether oxygens (including phenoxy) is 1. The summed E-state index contributed by atoms with van der Waals surface area (Å²) in [4.78, 5) is 27.6. The molecule has 0 atom stereocenters. The van der Waals surface area contributed by atoms with Crippen molar-refractivity contribution in [3.8, 4) is 16.9 Å². The maximum Gasteiger partial charge on any atom is 0.319 e. The highest BCUT2D eigenvalue weighted by Crippen LogP contribution is 2.32. The lowest BCUT2D eigenvalue weighted by atomic mass is 10.0. The fraction of sp³-hybridized carbons (Fsp3) is 0.107. The van der Waals surface area contributed by atoms with Gasteiger partial charge in [-0.3, -0.25) is 9.78 Å². The largest absolute Gasteiger partial charge is 0.488 e. The van der Waals surface area contributed by atoms with Crippen molar-refractivity contribution in [2.75, 3.05) is 10.6 Å². The van der Waals surface area contributed by atoms with Crippen LogP contribution in [0.15, 0.2) is 97.3 Å². The van der Waals surface area contributed by atoms with Gasteiger partial charge < -0.3 is 20.7 Å². The summed E-state index contributed by atoms with van der Waals surface area (Å²) in [5.74, 6) is 0.625. The van der Waals surface area contributed by atoms with Gasteiger partial charge in [-0.25, -0.2) is 4.79 Å².